The van der Waals surface area contributed by atoms with Gasteiger partial charge >= 0.3 is 0 Å². The van der Waals surface area contributed by atoms with Crippen molar-refractivity contribution >= 4 is 11.3 Å². The average molecular weight is 295 g/mol. The first-order valence-corrected chi connectivity index (χ1v) is 8.62. The van der Waals surface area contributed by atoms with E-state index in [0.717, 1.165) is 26.2 Å². The Balaban J connectivity index is 1.76. The summed E-state index contributed by atoms with van der Waals surface area (Å²) in [6.45, 7) is 6.12. The topological polar surface area (TPSA) is 37.4 Å². The van der Waals surface area contributed by atoms with Gasteiger partial charge in [-0.15, -0.1) is 11.3 Å². The highest BCUT2D eigenvalue weighted by atomic mass is 32.1. The van der Waals surface area contributed by atoms with Crippen molar-refractivity contribution in [3.8, 4) is 0 Å². The molecule has 4 nitrogen and oxygen atoms in total. The summed E-state index contributed by atoms with van der Waals surface area (Å²) in [7, 11) is 2.16. The highest BCUT2D eigenvalue weighted by molar-refractivity contribution is 7.11. The molecule has 0 aromatic carbocycles. The molecular formula is C15H25N3OS. The molecule has 1 saturated heterocycles. The molecule has 1 aliphatic carbocycles. The fraction of sp³-hybridized carbons (Fsp3) is 0.800. The molecule has 5 heteroatoms. The third-order valence-electron chi connectivity index (χ3n) is 4.16. The van der Waals surface area contributed by atoms with Crippen LogP contribution in [0, 0.1) is 0 Å². The van der Waals surface area contributed by atoms with Crippen LogP contribution in [0.5, 0.6) is 0 Å². The van der Waals surface area contributed by atoms with Crippen LogP contribution in [-0.4, -0.2) is 43.2 Å². The number of hydrogen-bond donors (Lipinski definition) is 1. The molecule has 0 amide bonds. The number of aryl methyl sites for hydroxylation is 1. The lowest BCUT2D eigenvalue weighted by Crippen LogP contribution is -2.35. The largest absolute Gasteiger partial charge is 0.368 e. The summed E-state index contributed by atoms with van der Waals surface area (Å²) < 4.78 is 5.91. The quantitative estimate of drug-likeness (QED) is 0.926. The predicted molar refractivity (Wildman–Crippen MR) is 82.3 cm³/mol. The second kappa shape index (κ2) is 6.52. The van der Waals surface area contributed by atoms with Crippen molar-refractivity contribution in [1.82, 2.24) is 15.2 Å². The second-order valence-electron chi connectivity index (χ2n) is 5.88. The van der Waals surface area contributed by atoms with Crippen molar-refractivity contribution in [3.05, 3.63) is 15.6 Å². The van der Waals surface area contributed by atoms with Gasteiger partial charge in [0, 0.05) is 18.0 Å². The Bertz CT molecular complexity index is 448. The number of ether oxygens (including phenoxy) is 1. The molecular weight excluding hydrogens is 270 g/mol. The van der Waals surface area contributed by atoms with Gasteiger partial charge < -0.3 is 15.0 Å². The average Bonchev–Trinajstić information content (AvgIpc) is 2.89. The van der Waals surface area contributed by atoms with Crippen LogP contribution in [0.3, 0.4) is 0 Å². The maximum Gasteiger partial charge on any atom is 0.123 e. The van der Waals surface area contributed by atoms with E-state index in [1.54, 1.807) is 0 Å². The van der Waals surface area contributed by atoms with E-state index in [4.69, 9.17) is 9.72 Å². The summed E-state index contributed by atoms with van der Waals surface area (Å²) in [4.78, 5) is 8.77. The minimum atomic E-state index is 0.177. The van der Waals surface area contributed by atoms with Gasteiger partial charge in [0.1, 0.15) is 11.1 Å². The van der Waals surface area contributed by atoms with E-state index in [0.29, 0.717) is 6.04 Å². The van der Waals surface area contributed by atoms with E-state index in [2.05, 4.69) is 24.2 Å². The zero-order valence-corrected chi connectivity index (χ0v) is 13.3. The van der Waals surface area contributed by atoms with Crippen LogP contribution in [0.25, 0.3) is 0 Å². The van der Waals surface area contributed by atoms with Gasteiger partial charge in [-0.05, 0) is 39.3 Å². The van der Waals surface area contributed by atoms with Crippen LogP contribution < -0.4 is 5.32 Å². The third-order valence-corrected chi connectivity index (χ3v) is 5.38. The molecule has 1 aliphatic heterocycles. The Hall–Kier alpha value is -0.490. The molecule has 0 radical (unpaired) electrons. The number of hydrogen-bond acceptors (Lipinski definition) is 5. The molecule has 2 heterocycles. The second-order valence-corrected chi connectivity index (χ2v) is 7.00. The van der Waals surface area contributed by atoms with Crippen molar-refractivity contribution in [3.63, 3.8) is 0 Å². The van der Waals surface area contributed by atoms with Gasteiger partial charge in [0.25, 0.3) is 0 Å². The smallest absolute Gasteiger partial charge is 0.123 e. The fourth-order valence-electron chi connectivity index (χ4n) is 3.02. The van der Waals surface area contributed by atoms with E-state index in [1.165, 1.54) is 41.3 Å². The molecule has 2 atom stereocenters. The lowest BCUT2D eigenvalue weighted by molar-refractivity contribution is -0.0210. The van der Waals surface area contributed by atoms with Gasteiger partial charge in [0.05, 0.1) is 18.3 Å². The minimum absolute atomic E-state index is 0.177. The van der Waals surface area contributed by atoms with E-state index >= 15 is 0 Å². The van der Waals surface area contributed by atoms with Gasteiger partial charge in [0.2, 0.25) is 0 Å². The maximum absolute atomic E-state index is 5.91. The molecule has 0 bridgehead atoms. The molecule has 3 rings (SSSR count). The van der Waals surface area contributed by atoms with Crippen molar-refractivity contribution in [1.29, 1.82) is 0 Å². The SMILES string of the molecule is CCCNC1CCCc2sc(C3CN(C)CCO3)nc21. The van der Waals surface area contributed by atoms with Crippen LogP contribution >= 0.6 is 11.3 Å². The van der Waals surface area contributed by atoms with E-state index in [9.17, 15) is 0 Å². The predicted octanol–water partition coefficient (Wildman–Crippen LogP) is 2.52. The summed E-state index contributed by atoms with van der Waals surface area (Å²) in [5, 5.41) is 4.83. The van der Waals surface area contributed by atoms with Gasteiger partial charge in [-0.1, -0.05) is 6.92 Å². The van der Waals surface area contributed by atoms with Crippen LogP contribution in [-0.2, 0) is 11.2 Å². The van der Waals surface area contributed by atoms with Gasteiger partial charge in [-0.2, -0.15) is 0 Å². The zero-order chi connectivity index (χ0) is 13.9. The summed E-state index contributed by atoms with van der Waals surface area (Å²) >= 11 is 1.88. The Morgan fingerprint density at radius 3 is 3.20 bits per heavy atom. The molecule has 1 N–H and O–H groups in total. The maximum atomic E-state index is 5.91. The van der Waals surface area contributed by atoms with E-state index in [1.807, 2.05) is 11.3 Å². The van der Waals surface area contributed by atoms with Crippen LogP contribution in [0.2, 0.25) is 0 Å². The first kappa shape index (κ1) is 14.4. The van der Waals surface area contributed by atoms with E-state index in [-0.39, 0.29) is 6.10 Å². The molecule has 112 valence electrons. The number of aromatic nitrogens is 1. The molecule has 1 aromatic rings. The van der Waals surface area contributed by atoms with Crippen molar-refractivity contribution in [2.24, 2.45) is 0 Å². The first-order chi connectivity index (χ1) is 9.78. The lowest BCUT2D eigenvalue weighted by Gasteiger charge is -2.28. The molecule has 2 aliphatic rings. The normalized spacial score (nSPS) is 27.5. The molecule has 20 heavy (non-hydrogen) atoms. The van der Waals surface area contributed by atoms with Gasteiger partial charge in [0.15, 0.2) is 0 Å². The first-order valence-electron chi connectivity index (χ1n) is 7.81. The highest BCUT2D eigenvalue weighted by Crippen LogP contribution is 2.36. The summed E-state index contributed by atoms with van der Waals surface area (Å²) in [6.07, 6.45) is 5.05. The number of nitrogens with one attached hydrogen (secondary N) is 1. The summed E-state index contributed by atoms with van der Waals surface area (Å²) in [6, 6.07) is 0.463. The highest BCUT2D eigenvalue weighted by Gasteiger charge is 2.28. The zero-order valence-electron chi connectivity index (χ0n) is 12.5. The lowest BCUT2D eigenvalue weighted by atomic mass is 9.97. The molecule has 1 aromatic heterocycles. The Morgan fingerprint density at radius 1 is 1.50 bits per heavy atom. The minimum Gasteiger partial charge on any atom is -0.368 e. The molecule has 1 fully saturated rings. The van der Waals surface area contributed by atoms with Gasteiger partial charge in [-0.25, -0.2) is 4.98 Å². The van der Waals surface area contributed by atoms with Crippen LogP contribution in [0.15, 0.2) is 0 Å². The Kier molecular flexibility index (Phi) is 4.71. The van der Waals surface area contributed by atoms with Crippen LogP contribution in [0.4, 0.5) is 0 Å². The number of thiazole rings is 1. The van der Waals surface area contributed by atoms with Crippen molar-refractivity contribution in [2.75, 3.05) is 33.3 Å². The van der Waals surface area contributed by atoms with Gasteiger partial charge in [-0.3, -0.25) is 0 Å². The Labute approximate surface area is 125 Å². The number of fused-ring (bicyclic) bond motifs is 1. The standard InChI is InChI=1S/C15H25N3OS/c1-3-7-16-11-5-4-6-13-14(11)17-15(20-13)12-10-18(2)8-9-19-12/h11-12,16H,3-10H2,1-2H3. The van der Waals surface area contributed by atoms with Crippen molar-refractivity contribution in [2.45, 2.75) is 44.8 Å². The van der Waals surface area contributed by atoms with Crippen LogP contribution in [0.1, 0.15) is 53.9 Å². The Morgan fingerprint density at radius 2 is 2.40 bits per heavy atom. The molecule has 0 spiro atoms. The number of morpholine rings is 1. The summed E-state index contributed by atoms with van der Waals surface area (Å²) in [5.41, 5.74) is 1.31. The van der Waals surface area contributed by atoms with E-state index < -0.39 is 0 Å². The number of rotatable bonds is 4. The monoisotopic (exact) mass is 295 g/mol. The third kappa shape index (κ3) is 3.06. The van der Waals surface area contributed by atoms with Crippen molar-refractivity contribution < 1.29 is 4.74 Å². The number of likely N-dealkylation sites (N-methyl/N-ethyl adjacent to an activating group) is 1. The molecule has 2 unspecified atom stereocenters. The summed E-state index contributed by atoms with van der Waals surface area (Å²) in [5.74, 6) is 0. The molecule has 0 saturated carbocycles. The number of nitrogens with zero attached hydrogens (tertiary/aromatic N) is 2. The fourth-order valence-corrected chi connectivity index (χ4v) is 4.23.